The summed E-state index contributed by atoms with van der Waals surface area (Å²) in [6.07, 6.45) is 34.1. The number of hydrogen-bond acceptors (Lipinski definition) is 1. The number of aliphatic hydroxyl groups is 1. The number of rotatable bonds is 25. The van der Waals surface area contributed by atoms with E-state index in [9.17, 15) is 0 Å². The highest BCUT2D eigenvalue weighted by Gasteiger charge is 1.98. The molecule has 1 unspecified atom stereocenters. The van der Waals surface area contributed by atoms with E-state index >= 15 is 0 Å². The lowest BCUT2D eigenvalue weighted by atomic mass is 9.99. The Kier molecular flexibility index (Phi) is 26.0. The van der Waals surface area contributed by atoms with Gasteiger partial charge in [-0.05, 0) is 12.3 Å². The Hall–Kier alpha value is -0.0400. The largest absolute Gasteiger partial charge is 0.396 e. The van der Waals surface area contributed by atoms with Gasteiger partial charge in [-0.2, -0.15) is 0 Å². The minimum absolute atomic E-state index is 0.374. The molecule has 0 aromatic heterocycles. The molecule has 0 saturated carbocycles. The van der Waals surface area contributed by atoms with Crippen molar-refractivity contribution in [1.29, 1.82) is 0 Å². The van der Waals surface area contributed by atoms with Crippen molar-refractivity contribution in [2.45, 2.75) is 168 Å². The molecule has 0 aliphatic carbocycles. The Balaban J connectivity index is 3.00. The van der Waals surface area contributed by atoms with Crippen molar-refractivity contribution in [3.05, 3.63) is 0 Å². The molecule has 1 atom stereocenters. The molecule has 0 aliphatic heterocycles. The monoisotopic (exact) mass is 410 g/mol. The smallest absolute Gasteiger partial charge is 0.0431 e. The number of aliphatic hydroxyl groups excluding tert-OH is 1. The van der Waals surface area contributed by atoms with Gasteiger partial charge in [-0.3, -0.25) is 0 Å². The lowest BCUT2D eigenvalue weighted by molar-refractivity contribution is 0.282. The molecule has 0 amide bonds. The van der Waals surface area contributed by atoms with Crippen LogP contribution in [0.5, 0.6) is 0 Å². The van der Waals surface area contributed by atoms with Gasteiger partial charge in [0.2, 0.25) is 0 Å². The third kappa shape index (κ3) is 25.9. The predicted octanol–water partition coefficient (Wildman–Crippen LogP) is 10.00. The molecule has 0 aromatic rings. The predicted molar refractivity (Wildman–Crippen MR) is 133 cm³/mol. The van der Waals surface area contributed by atoms with Crippen LogP contribution >= 0.6 is 0 Å². The van der Waals surface area contributed by atoms with Crippen molar-refractivity contribution < 1.29 is 5.11 Å². The SMILES string of the molecule is CCC(C)CCCCCCCCCCCCCCCCCCCCCCCCO. The Labute approximate surface area is 185 Å². The van der Waals surface area contributed by atoms with Gasteiger partial charge in [0, 0.05) is 6.61 Å². The highest BCUT2D eigenvalue weighted by molar-refractivity contribution is 4.53. The molecule has 29 heavy (non-hydrogen) atoms. The average Bonchev–Trinajstić information content (AvgIpc) is 2.74. The van der Waals surface area contributed by atoms with Gasteiger partial charge in [0.25, 0.3) is 0 Å². The van der Waals surface area contributed by atoms with Gasteiger partial charge < -0.3 is 5.11 Å². The first-order valence-corrected chi connectivity index (χ1v) is 13.9. The molecule has 1 heteroatoms. The van der Waals surface area contributed by atoms with E-state index in [0.29, 0.717) is 6.61 Å². The minimum atomic E-state index is 0.374. The molecule has 0 fully saturated rings. The lowest BCUT2D eigenvalue weighted by Gasteiger charge is -2.07. The molecule has 0 aromatic carbocycles. The van der Waals surface area contributed by atoms with E-state index in [2.05, 4.69) is 13.8 Å². The highest BCUT2D eigenvalue weighted by Crippen LogP contribution is 2.16. The van der Waals surface area contributed by atoms with E-state index in [1.54, 1.807) is 0 Å². The Bertz CT molecular complexity index is 275. The number of hydrogen-bond donors (Lipinski definition) is 1. The van der Waals surface area contributed by atoms with Crippen molar-refractivity contribution in [2.24, 2.45) is 5.92 Å². The summed E-state index contributed by atoms with van der Waals surface area (Å²) in [6, 6.07) is 0. The second-order valence-corrected chi connectivity index (χ2v) is 9.80. The van der Waals surface area contributed by atoms with Crippen LogP contribution in [0, 0.1) is 5.92 Å². The fourth-order valence-corrected chi connectivity index (χ4v) is 4.34. The first-order valence-electron chi connectivity index (χ1n) is 13.9. The van der Waals surface area contributed by atoms with Gasteiger partial charge in [0.15, 0.2) is 0 Å². The van der Waals surface area contributed by atoms with Crippen LogP contribution in [-0.2, 0) is 0 Å². The summed E-state index contributed by atoms with van der Waals surface area (Å²) in [5.74, 6) is 0.943. The van der Waals surface area contributed by atoms with E-state index in [1.165, 1.54) is 148 Å². The Morgan fingerprint density at radius 3 is 0.897 bits per heavy atom. The average molecular weight is 411 g/mol. The van der Waals surface area contributed by atoms with Gasteiger partial charge in [0.05, 0.1) is 0 Å². The van der Waals surface area contributed by atoms with Crippen molar-refractivity contribution in [3.63, 3.8) is 0 Å². The maximum Gasteiger partial charge on any atom is 0.0431 e. The Morgan fingerprint density at radius 1 is 0.414 bits per heavy atom. The van der Waals surface area contributed by atoms with Crippen molar-refractivity contribution in [3.8, 4) is 0 Å². The molecule has 1 N–H and O–H groups in total. The maximum absolute atomic E-state index is 8.75. The van der Waals surface area contributed by atoms with Crippen LogP contribution in [0.15, 0.2) is 0 Å². The summed E-state index contributed by atoms with van der Waals surface area (Å²) in [7, 11) is 0. The molecule has 0 aliphatic rings. The van der Waals surface area contributed by atoms with Crippen molar-refractivity contribution in [1.82, 2.24) is 0 Å². The summed E-state index contributed by atoms with van der Waals surface area (Å²) in [5, 5.41) is 8.75. The molecule has 0 rings (SSSR count). The van der Waals surface area contributed by atoms with Crippen LogP contribution in [0.3, 0.4) is 0 Å². The molecule has 176 valence electrons. The molecular weight excluding hydrogens is 352 g/mol. The highest BCUT2D eigenvalue weighted by atomic mass is 16.2. The van der Waals surface area contributed by atoms with Crippen LogP contribution in [0.4, 0.5) is 0 Å². The van der Waals surface area contributed by atoms with Crippen LogP contribution < -0.4 is 0 Å². The van der Waals surface area contributed by atoms with Crippen molar-refractivity contribution in [2.75, 3.05) is 6.61 Å². The normalized spacial score (nSPS) is 12.5. The van der Waals surface area contributed by atoms with Gasteiger partial charge in [0.1, 0.15) is 0 Å². The summed E-state index contributed by atoms with van der Waals surface area (Å²) in [5.41, 5.74) is 0. The zero-order valence-electron chi connectivity index (χ0n) is 20.7. The maximum atomic E-state index is 8.75. The topological polar surface area (TPSA) is 20.2 Å². The molecule has 0 radical (unpaired) electrons. The molecule has 0 heterocycles. The second-order valence-electron chi connectivity index (χ2n) is 9.80. The van der Waals surface area contributed by atoms with E-state index in [1.807, 2.05) is 0 Å². The fourth-order valence-electron chi connectivity index (χ4n) is 4.34. The zero-order chi connectivity index (χ0) is 21.3. The quantitative estimate of drug-likeness (QED) is 0.148. The Morgan fingerprint density at radius 2 is 0.655 bits per heavy atom. The van der Waals surface area contributed by atoms with Gasteiger partial charge >= 0.3 is 0 Å². The molecule has 1 nitrogen and oxygen atoms in total. The first kappa shape index (κ1) is 29.0. The summed E-state index contributed by atoms with van der Waals surface area (Å²) in [6.45, 7) is 5.09. The zero-order valence-corrected chi connectivity index (χ0v) is 20.7. The van der Waals surface area contributed by atoms with Gasteiger partial charge in [-0.15, -0.1) is 0 Å². The molecule has 0 saturated heterocycles. The van der Waals surface area contributed by atoms with E-state index in [-0.39, 0.29) is 0 Å². The summed E-state index contributed by atoms with van der Waals surface area (Å²) in [4.78, 5) is 0. The molecule has 0 bridgehead atoms. The standard InChI is InChI=1S/C28H58O/c1-3-28(2)26-24-22-20-18-16-14-12-10-8-6-4-5-7-9-11-13-15-17-19-21-23-25-27-29/h28-29H,3-27H2,1-2H3. The summed E-state index contributed by atoms with van der Waals surface area (Å²) >= 11 is 0. The minimum Gasteiger partial charge on any atom is -0.396 e. The van der Waals surface area contributed by atoms with E-state index < -0.39 is 0 Å². The fraction of sp³-hybridized carbons (Fsp3) is 1.00. The molecule has 0 spiro atoms. The second kappa shape index (κ2) is 26.0. The van der Waals surface area contributed by atoms with Crippen LogP contribution in [0.25, 0.3) is 0 Å². The van der Waals surface area contributed by atoms with Crippen LogP contribution in [-0.4, -0.2) is 11.7 Å². The van der Waals surface area contributed by atoms with Gasteiger partial charge in [-0.25, -0.2) is 0 Å². The summed E-state index contributed by atoms with van der Waals surface area (Å²) < 4.78 is 0. The lowest BCUT2D eigenvalue weighted by Crippen LogP contribution is -1.91. The van der Waals surface area contributed by atoms with E-state index in [0.717, 1.165) is 12.3 Å². The molecular formula is C28H58O. The van der Waals surface area contributed by atoms with Crippen molar-refractivity contribution >= 4 is 0 Å². The van der Waals surface area contributed by atoms with E-state index in [4.69, 9.17) is 5.11 Å². The van der Waals surface area contributed by atoms with Crippen LogP contribution in [0.2, 0.25) is 0 Å². The third-order valence-corrected chi connectivity index (χ3v) is 6.80. The first-order chi connectivity index (χ1) is 14.3. The number of unbranched alkanes of at least 4 members (excludes halogenated alkanes) is 21. The van der Waals surface area contributed by atoms with Gasteiger partial charge in [-0.1, -0.05) is 162 Å². The van der Waals surface area contributed by atoms with Crippen LogP contribution in [0.1, 0.15) is 168 Å². The third-order valence-electron chi connectivity index (χ3n) is 6.80.